The standard InChI is InChI=1S/C17H20N2O3S2/c1-13-6-8-15(9-7-13)24(21,22)19-10-2-5-16(19)17(20)18-12-14-4-3-11-23-14/h3-4,6-9,11,16H,2,5,10,12H2,1H3,(H,18,20)/t16-/m0/s1. The third kappa shape index (κ3) is 3.53. The largest absolute Gasteiger partial charge is 0.350 e. The van der Waals surface area contributed by atoms with Gasteiger partial charge in [0.15, 0.2) is 0 Å². The van der Waals surface area contributed by atoms with Gasteiger partial charge in [0, 0.05) is 11.4 Å². The maximum absolute atomic E-state index is 12.8. The molecule has 0 unspecified atom stereocenters. The van der Waals surface area contributed by atoms with Crippen molar-refractivity contribution in [2.75, 3.05) is 6.54 Å². The van der Waals surface area contributed by atoms with Crippen LogP contribution in [0.3, 0.4) is 0 Å². The minimum absolute atomic E-state index is 0.225. The van der Waals surface area contributed by atoms with Crippen LogP contribution in [0, 0.1) is 6.92 Å². The number of sulfonamides is 1. The van der Waals surface area contributed by atoms with Crippen LogP contribution in [0.15, 0.2) is 46.7 Å². The Hall–Kier alpha value is -1.70. The average Bonchev–Trinajstić information content (AvgIpc) is 3.24. The number of rotatable bonds is 5. The molecule has 0 saturated carbocycles. The summed E-state index contributed by atoms with van der Waals surface area (Å²) in [7, 11) is -3.65. The highest BCUT2D eigenvalue weighted by Crippen LogP contribution is 2.26. The van der Waals surface area contributed by atoms with Crippen molar-refractivity contribution in [3.63, 3.8) is 0 Å². The van der Waals surface area contributed by atoms with Crippen LogP contribution in [0.25, 0.3) is 0 Å². The first-order valence-electron chi connectivity index (χ1n) is 7.87. The van der Waals surface area contributed by atoms with E-state index in [2.05, 4.69) is 5.32 Å². The number of benzene rings is 1. The van der Waals surface area contributed by atoms with Gasteiger partial charge in [-0.3, -0.25) is 4.79 Å². The third-order valence-corrected chi connectivity index (χ3v) is 6.95. The lowest BCUT2D eigenvalue weighted by molar-refractivity contribution is -0.124. The molecule has 1 saturated heterocycles. The molecule has 5 nitrogen and oxygen atoms in total. The molecule has 1 aromatic heterocycles. The van der Waals surface area contributed by atoms with Crippen molar-refractivity contribution < 1.29 is 13.2 Å². The van der Waals surface area contributed by atoms with E-state index in [1.807, 2.05) is 24.4 Å². The van der Waals surface area contributed by atoms with Gasteiger partial charge in [-0.1, -0.05) is 23.8 Å². The Labute approximate surface area is 146 Å². The van der Waals surface area contributed by atoms with Gasteiger partial charge in [-0.25, -0.2) is 8.42 Å². The predicted molar refractivity (Wildman–Crippen MR) is 94.3 cm³/mol. The Kier molecular flexibility index (Phi) is 5.03. The summed E-state index contributed by atoms with van der Waals surface area (Å²) in [5, 5.41) is 4.80. The molecule has 128 valence electrons. The topological polar surface area (TPSA) is 66.5 Å². The number of amides is 1. The molecule has 1 amide bonds. The predicted octanol–water partition coefficient (Wildman–Crippen LogP) is 2.53. The van der Waals surface area contributed by atoms with Gasteiger partial charge in [0.1, 0.15) is 6.04 Å². The number of hydrogen-bond acceptors (Lipinski definition) is 4. The molecule has 1 N–H and O–H groups in total. The zero-order valence-corrected chi connectivity index (χ0v) is 15.1. The van der Waals surface area contributed by atoms with Gasteiger partial charge in [0.25, 0.3) is 0 Å². The van der Waals surface area contributed by atoms with Crippen molar-refractivity contribution in [2.24, 2.45) is 0 Å². The highest BCUT2D eigenvalue weighted by molar-refractivity contribution is 7.89. The van der Waals surface area contributed by atoms with Crippen molar-refractivity contribution in [1.82, 2.24) is 9.62 Å². The molecule has 0 radical (unpaired) electrons. The molecule has 2 aromatic rings. The second-order valence-corrected chi connectivity index (χ2v) is 8.81. The van der Waals surface area contributed by atoms with Crippen LogP contribution in [0.4, 0.5) is 0 Å². The summed E-state index contributed by atoms with van der Waals surface area (Å²) in [6, 6.07) is 9.99. The van der Waals surface area contributed by atoms with Gasteiger partial charge >= 0.3 is 0 Å². The van der Waals surface area contributed by atoms with E-state index >= 15 is 0 Å². The monoisotopic (exact) mass is 364 g/mol. The number of nitrogens with zero attached hydrogens (tertiary/aromatic N) is 1. The summed E-state index contributed by atoms with van der Waals surface area (Å²) in [5.41, 5.74) is 1.00. The van der Waals surface area contributed by atoms with E-state index in [0.717, 1.165) is 10.4 Å². The summed E-state index contributed by atoms with van der Waals surface area (Å²) >= 11 is 1.57. The van der Waals surface area contributed by atoms with Crippen molar-refractivity contribution in [3.8, 4) is 0 Å². The second kappa shape index (κ2) is 7.04. The summed E-state index contributed by atoms with van der Waals surface area (Å²) < 4.78 is 27.0. The van der Waals surface area contributed by atoms with Crippen LogP contribution >= 0.6 is 11.3 Å². The lowest BCUT2D eigenvalue weighted by Crippen LogP contribution is -2.45. The van der Waals surface area contributed by atoms with Gasteiger partial charge < -0.3 is 5.32 Å². The summed E-state index contributed by atoms with van der Waals surface area (Å²) in [6.07, 6.45) is 1.25. The smallest absolute Gasteiger partial charge is 0.243 e. The quantitative estimate of drug-likeness (QED) is 0.886. The third-order valence-electron chi connectivity index (χ3n) is 4.15. The first-order valence-corrected chi connectivity index (χ1v) is 10.2. The normalized spacial score (nSPS) is 18.6. The van der Waals surface area contributed by atoms with Crippen LogP contribution in [-0.4, -0.2) is 31.2 Å². The average molecular weight is 364 g/mol. The number of carbonyl (C=O) groups excluding carboxylic acids is 1. The molecule has 3 rings (SSSR count). The minimum atomic E-state index is -3.65. The number of hydrogen-bond donors (Lipinski definition) is 1. The highest BCUT2D eigenvalue weighted by atomic mass is 32.2. The van der Waals surface area contributed by atoms with Crippen molar-refractivity contribution in [2.45, 2.75) is 37.2 Å². The molecule has 0 aliphatic carbocycles. The molecule has 1 aliphatic rings. The van der Waals surface area contributed by atoms with E-state index in [0.29, 0.717) is 25.9 Å². The lowest BCUT2D eigenvalue weighted by Gasteiger charge is -2.23. The molecule has 0 bridgehead atoms. The summed E-state index contributed by atoms with van der Waals surface area (Å²) in [6.45, 7) is 2.73. The van der Waals surface area contributed by atoms with E-state index in [4.69, 9.17) is 0 Å². The number of aryl methyl sites for hydroxylation is 1. The molecule has 24 heavy (non-hydrogen) atoms. The Bertz CT molecular complexity index is 799. The van der Waals surface area contributed by atoms with Gasteiger partial charge in [0.2, 0.25) is 15.9 Å². The highest BCUT2D eigenvalue weighted by Gasteiger charge is 2.39. The minimum Gasteiger partial charge on any atom is -0.350 e. The fourth-order valence-corrected chi connectivity index (χ4v) is 5.14. The molecule has 1 fully saturated rings. The number of thiophene rings is 1. The molecule has 1 aliphatic heterocycles. The second-order valence-electron chi connectivity index (χ2n) is 5.88. The maximum atomic E-state index is 12.8. The van der Waals surface area contributed by atoms with Crippen molar-refractivity contribution in [1.29, 1.82) is 0 Å². The molecule has 1 aromatic carbocycles. The fourth-order valence-electron chi connectivity index (χ4n) is 2.84. The summed E-state index contributed by atoms with van der Waals surface area (Å²) in [4.78, 5) is 13.8. The van der Waals surface area contributed by atoms with Crippen LogP contribution in [-0.2, 0) is 21.4 Å². The van der Waals surface area contributed by atoms with E-state index < -0.39 is 16.1 Å². The van der Waals surface area contributed by atoms with E-state index in [1.165, 1.54) is 4.31 Å². The first-order chi connectivity index (χ1) is 11.5. The SMILES string of the molecule is Cc1ccc(S(=O)(=O)N2CCC[C@H]2C(=O)NCc2cccs2)cc1. The van der Waals surface area contributed by atoms with Gasteiger partial charge in [-0.05, 0) is 43.3 Å². The first kappa shape index (κ1) is 17.1. The van der Waals surface area contributed by atoms with E-state index in [1.54, 1.807) is 35.6 Å². The van der Waals surface area contributed by atoms with Crippen LogP contribution in [0.1, 0.15) is 23.3 Å². The van der Waals surface area contributed by atoms with Crippen LogP contribution in [0.5, 0.6) is 0 Å². The van der Waals surface area contributed by atoms with Gasteiger partial charge in [-0.2, -0.15) is 4.31 Å². The molecular formula is C17H20N2O3S2. The Balaban J connectivity index is 1.74. The zero-order valence-electron chi connectivity index (χ0n) is 13.4. The lowest BCUT2D eigenvalue weighted by atomic mass is 10.2. The summed E-state index contributed by atoms with van der Waals surface area (Å²) in [5.74, 6) is -0.225. The Morgan fingerprint density at radius 1 is 1.29 bits per heavy atom. The van der Waals surface area contributed by atoms with Gasteiger partial charge in [-0.15, -0.1) is 11.3 Å². The van der Waals surface area contributed by atoms with E-state index in [-0.39, 0.29) is 10.8 Å². The number of nitrogens with one attached hydrogen (secondary N) is 1. The van der Waals surface area contributed by atoms with Crippen LogP contribution < -0.4 is 5.32 Å². The van der Waals surface area contributed by atoms with Crippen molar-refractivity contribution >= 4 is 27.3 Å². The van der Waals surface area contributed by atoms with E-state index in [9.17, 15) is 13.2 Å². The molecule has 0 spiro atoms. The van der Waals surface area contributed by atoms with Crippen LogP contribution in [0.2, 0.25) is 0 Å². The molecule has 2 heterocycles. The molecule has 1 atom stereocenters. The Morgan fingerprint density at radius 3 is 2.71 bits per heavy atom. The van der Waals surface area contributed by atoms with Crippen molar-refractivity contribution in [3.05, 3.63) is 52.2 Å². The molecule has 7 heteroatoms. The van der Waals surface area contributed by atoms with Gasteiger partial charge in [0.05, 0.1) is 11.4 Å². The fraction of sp³-hybridized carbons (Fsp3) is 0.353. The molecular weight excluding hydrogens is 344 g/mol. The Morgan fingerprint density at radius 2 is 2.04 bits per heavy atom. The zero-order chi connectivity index (χ0) is 17.2. The number of carbonyl (C=O) groups is 1. The maximum Gasteiger partial charge on any atom is 0.243 e.